The lowest BCUT2D eigenvalue weighted by Gasteiger charge is -2.09. The number of nitro benzene ring substituents is 1. The second-order valence-corrected chi connectivity index (χ2v) is 3.40. The standard InChI is InChI=1S/C7H4ClN3O6/c8-7(10(14)15,11(16)17)5-3-1-2-4-6(5)9(12)13/h1-4H. The Morgan fingerprint density at radius 3 is 1.88 bits per heavy atom. The largest absolute Gasteiger partial charge is 0.570 e. The molecule has 10 heteroatoms. The number of benzene rings is 1. The fraction of sp³-hybridized carbons (Fsp3) is 0.143. The summed E-state index contributed by atoms with van der Waals surface area (Å²) in [5, 5.41) is 28.6. The average Bonchev–Trinajstić information content (AvgIpc) is 2.27. The summed E-state index contributed by atoms with van der Waals surface area (Å²) in [6.45, 7) is 0. The molecule has 0 heterocycles. The first-order valence-corrected chi connectivity index (χ1v) is 4.41. The SMILES string of the molecule is O=[N+]([O-])c1ccccc1C(Cl)([N+](=O)[O-])[N+](=O)[O-]. The molecule has 0 radical (unpaired) electrons. The van der Waals surface area contributed by atoms with Gasteiger partial charge in [0, 0.05) is 6.07 Å². The molecule has 0 aliphatic rings. The molecule has 9 nitrogen and oxygen atoms in total. The first kappa shape index (κ1) is 12.8. The Hall–Kier alpha value is -2.29. The van der Waals surface area contributed by atoms with Crippen molar-refractivity contribution >= 4 is 17.3 Å². The molecule has 0 aliphatic carbocycles. The van der Waals surface area contributed by atoms with Crippen LogP contribution >= 0.6 is 11.6 Å². The van der Waals surface area contributed by atoms with E-state index in [1.54, 1.807) is 0 Å². The van der Waals surface area contributed by atoms with E-state index in [4.69, 9.17) is 11.6 Å². The van der Waals surface area contributed by atoms with Gasteiger partial charge in [-0.2, -0.15) is 0 Å². The maximum absolute atomic E-state index is 10.6. The lowest BCUT2D eigenvalue weighted by atomic mass is 10.1. The quantitative estimate of drug-likeness (QED) is 0.265. The second kappa shape index (κ2) is 4.29. The van der Waals surface area contributed by atoms with E-state index in [-0.39, 0.29) is 0 Å². The summed E-state index contributed by atoms with van der Waals surface area (Å²) in [6, 6.07) is 4.18. The minimum Gasteiger partial charge on any atom is -0.258 e. The Labute approximate surface area is 98.1 Å². The number of nitrogens with zero attached hydrogens (tertiary/aromatic N) is 3. The molecule has 90 valence electrons. The molecular weight excluding hydrogens is 258 g/mol. The lowest BCUT2D eigenvalue weighted by Crippen LogP contribution is -2.38. The van der Waals surface area contributed by atoms with Crippen molar-refractivity contribution in [3.63, 3.8) is 0 Å². The maximum Gasteiger partial charge on any atom is 0.570 e. The van der Waals surface area contributed by atoms with Gasteiger partial charge in [0.25, 0.3) is 5.69 Å². The van der Waals surface area contributed by atoms with Crippen molar-refractivity contribution in [3.05, 3.63) is 60.2 Å². The molecule has 0 fully saturated rings. The van der Waals surface area contributed by atoms with Gasteiger partial charge in [0.1, 0.15) is 9.85 Å². The van der Waals surface area contributed by atoms with Crippen LogP contribution in [0.2, 0.25) is 0 Å². The van der Waals surface area contributed by atoms with E-state index in [2.05, 4.69) is 0 Å². The van der Waals surface area contributed by atoms with E-state index in [9.17, 15) is 30.3 Å². The topological polar surface area (TPSA) is 129 Å². The molecular formula is C7H4ClN3O6. The third-order valence-electron chi connectivity index (χ3n) is 1.93. The number of nitro groups is 3. The van der Waals surface area contributed by atoms with Crippen molar-refractivity contribution < 1.29 is 14.8 Å². The summed E-state index contributed by atoms with van der Waals surface area (Å²) >= 11 is 5.28. The zero-order valence-electron chi connectivity index (χ0n) is 7.98. The molecule has 0 saturated carbocycles. The molecule has 0 saturated heterocycles. The summed E-state index contributed by atoms with van der Waals surface area (Å²) in [6.07, 6.45) is 0. The van der Waals surface area contributed by atoms with E-state index in [0.717, 1.165) is 12.1 Å². The summed E-state index contributed by atoms with van der Waals surface area (Å²) in [5.74, 6) is 0. The highest BCUT2D eigenvalue weighted by Gasteiger charge is 2.60. The fourth-order valence-electron chi connectivity index (χ4n) is 1.17. The molecule has 1 rings (SSSR count). The Balaban J connectivity index is 3.55. The van der Waals surface area contributed by atoms with Crippen LogP contribution in [0.1, 0.15) is 5.56 Å². The molecule has 0 aromatic heterocycles. The van der Waals surface area contributed by atoms with Crippen LogP contribution in [0.25, 0.3) is 0 Å². The van der Waals surface area contributed by atoms with Gasteiger partial charge in [0.15, 0.2) is 0 Å². The second-order valence-electron chi connectivity index (χ2n) is 2.88. The van der Waals surface area contributed by atoms with Crippen LogP contribution in [0, 0.1) is 30.3 Å². The van der Waals surface area contributed by atoms with Gasteiger partial charge in [-0.15, -0.1) is 0 Å². The van der Waals surface area contributed by atoms with Crippen LogP contribution in [-0.4, -0.2) is 14.8 Å². The van der Waals surface area contributed by atoms with Crippen LogP contribution in [0.4, 0.5) is 5.69 Å². The molecule has 0 spiro atoms. The zero-order chi connectivity index (χ0) is 13.2. The van der Waals surface area contributed by atoms with Crippen LogP contribution in [0.15, 0.2) is 24.3 Å². The number of alkyl halides is 1. The van der Waals surface area contributed by atoms with Crippen molar-refractivity contribution in [2.24, 2.45) is 0 Å². The third-order valence-corrected chi connectivity index (χ3v) is 2.41. The molecule has 17 heavy (non-hydrogen) atoms. The molecule has 0 bridgehead atoms. The Morgan fingerprint density at radius 1 is 1.00 bits per heavy atom. The molecule has 1 aromatic rings. The van der Waals surface area contributed by atoms with Crippen LogP contribution in [-0.2, 0) is 5.12 Å². The van der Waals surface area contributed by atoms with Gasteiger partial charge in [0.05, 0.1) is 16.5 Å². The van der Waals surface area contributed by atoms with Crippen molar-refractivity contribution in [1.82, 2.24) is 0 Å². The van der Waals surface area contributed by atoms with E-state index in [1.807, 2.05) is 0 Å². The molecule has 0 aliphatic heterocycles. The molecule has 0 unspecified atom stereocenters. The van der Waals surface area contributed by atoms with Gasteiger partial charge in [-0.25, -0.2) is 0 Å². The van der Waals surface area contributed by atoms with E-state index in [1.165, 1.54) is 12.1 Å². The maximum atomic E-state index is 10.6. The summed E-state index contributed by atoms with van der Waals surface area (Å²) in [5.41, 5.74) is -1.57. The number of hydrogen-bond acceptors (Lipinski definition) is 6. The minimum absolute atomic E-state index is 0.782. The third kappa shape index (κ3) is 1.99. The Morgan fingerprint density at radius 2 is 1.47 bits per heavy atom. The highest BCUT2D eigenvalue weighted by Crippen LogP contribution is 2.36. The molecule has 0 atom stereocenters. The van der Waals surface area contributed by atoms with Crippen molar-refractivity contribution in [3.8, 4) is 0 Å². The zero-order valence-corrected chi connectivity index (χ0v) is 8.73. The number of rotatable bonds is 4. The Bertz CT molecular complexity index is 490. The van der Waals surface area contributed by atoms with Crippen molar-refractivity contribution in [1.29, 1.82) is 0 Å². The first-order valence-electron chi connectivity index (χ1n) is 4.03. The first-order chi connectivity index (χ1) is 7.81. The molecule has 1 aromatic carbocycles. The summed E-state index contributed by atoms with van der Waals surface area (Å²) in [7, 11) is 0. The number of hydrogen-bond donors (Lipinski definition) is 0. The summed E-state index contributed by atoms with van der Waals surface area (Å²) in [4.78, 5) is 28.2. The van der Waals surface area contributed by atoms with E-state index >= 15 is 0 Å². The van der Waals surface area contributed by atoms with Gasteiger partial charge in [-0.05, 0) is 6.07 Å². The fourth-order valence-corrected chi connectivity index (χ4v) is 1.33. The average molecular weight is 262 g/mol. The highest BCUT2D eigenvalue weighted by atomic mass is 35.5. The van der Waals surface area contributed by atoms with Gasteiger partial charge in [-0.3, -0.25) is 30.3 Å². The predicted molar refractivity (Wildman–Crippen MR) is 54.6 cm³/mol. The van der Waals surface area contributed by atoms with Crippen LogP contribution in [0.3, 0.4) is 0 Å². The van der Waals surface area contributed by atoms with Crippen LogP contribution in [0.5, 0.6) is 0 Å². The lowest BCUT2D eigenvalue weighted by molar-refractivity contribution is -0.779. The van der Waals surface area contributed by atoms with Gasteiger partial charge >= 0.3 is 5.12 Å². The molecule has 0 N–H and O–H groups in total. The smallest absolute Gasteiger partial charge is 0.258 e. The van der Waals surface area contributed by atoms with Gasteiger partial charge in [0.2, 0.25) is 5.56 Å². The van der Waals surface area contributed by atoms with Crippen molar-refractivity contribution in [2.75, 3.05) is 0 Å². The predicted octanol–water partition coefficient (Wildman–Crippen LogP) is 1.50. The highest BCUT2D eigenvalue weighted by molar-refractivity contribution is 6.21. The normalized spacial score (nSPS) is 10.9. The monoisotopic (exact) mass is 261 g/mol. The molecule has 0 amide bonds. The number of para-hydroxylation sites is 1. The Kier molecular flexibility index (Phi) is 3.23. The number of halogens is 1. The minimum atomic E-state index is -3.26. The van der Waals surface area contributed by atoms with Crippen LogP contribution < -0.4 is 0 Å². The van der Waals surface area contributed by atoms with Gasteiger partial charge < -0.3 is 0 Å². The van der Waals surface area contributed by atoms with E-state index in [0.29, 0.717) is 0 Å². The summed E-state index contributed by atoms with van der Waals surface area (Å²) < 4.78 is 0. The van der Waals surface area contributed by atoms with Crippen molar-refractivity contribution in [2.45, 2.75) is 5.12 Å². The van der Waals surface area contributed by atoms with Gasteiger partial charge in [-0.1, -0.05) is 12.1 Å². The van der Waals surface area contributed by atoms with E-state index < -0.39 is 31.1 Å².